The van der Waals surface area contributed by atoms with Crippen molar-refractivity contribution in [3.05, 3.63) is 59.1 Å². The number of ether oxygens (including phenoxy) is 1. The number of piperidine rings is 1. The molecule has 2 aliphatic rings. The molecule has 7 nitrogen and oxygen atoms in total. The summed E-state index contributed by atoms with van der Waals surface area (Å²) in [6, 6.07) is 12.6. The highest BCUT2D eigenvalue weighted by atomic mass is 35.5. The highest BCUT2D eigenvalue weighted by Gasteiger charge is 2.31. The molecule has 4 rings (SSSR count). The van der Waals surface area contributed by atoms with E-state index in [0.717, 1.165) is 37.7 Å². The molecule has 0 aromatic heterocycles. The monoisotopic (exact) mass is 512 g/mol. The Bertz CT molecular complexity index is 1140. The zero-order chi connectivity index (χ0) is 23.5. The van der Waals surface area contributed by atoms with Crippen molar-refractivity contribution in [1.82, 2.24) is 8.61 Å². The van der Waals surface area contributed by atoms with Crippen LogP contribution in [0.1, 0.15) is 37.7 Å². The highest BCUT2D eigenvalue weighted by molar-refractivity contribution is 7.89. The maximum absolute atomic E-state index is 13.5. The summed E-state index contributed by atoms with van der Waals surface area (Å²) >= 11 is 5.97. The summed E-state index contributed by atoms with van der Waals surface area (Å²) in [5.41, 5.74) is 0.810. The van der Waals surface area contributed by atoms with Gasteiger partial charge in [0, 0.05) is 37.8 Å². The van der Waals surface area contributed by atoms with Crippen molar-refractivity contribution in [1.29, 1.82) is 0 Å². The van der Waals surface area contributed by atoms with E-state index in [1.165, 1.54) is 32.9 Å². The van der Waals surface area contributed by atoms with E-state index in [4.69, 9.17) is 16.3 Å². The lowest BCUT2D eigenvalue weighted by Crippen LogP contribution is -2.37. The Hall–Kier alpha value is -1.49. The molecule has 2 heterocycles. The number of benzene rings is 2. The van der Waals surface area contributed by atoms with Gasteiger partial charge in [-0.05, 0) is 67.6 Å². The van der Waals surface area contributed by atoms with Crippen LogP contribution in [0, 0.1) is 0 Å². The predicted octanol–water partition coefficient (Wildman–Crippen LogP) is 3.88. The number of hydrogen-bond acceptors (Lipinski definition) is 5. The second-order valence-electron chi connectivity index (χ2n) is 8.50. The van der Waals surface area contributed by atoms with Crippen molar-refractivity contribution >= 4 is 31.6 Å². The molecule has 0 spiro atoms. The summed E-state index contributed by atoms with van der Waals surface area (Å²) in [6.45, 7) is 2.03. The molecule has 2 aromatic carbocycles. The van der Waals surface area contributed by atoms with Crippen LogP contribution in [0.2, 0.25) is 5.02 Å². The van der Waals surface area contributed by atoms with Gasteiger partial charge in [0.15, 0.2) is 0 Å². The van der Waals surface area contributed by atoms with E-state index in [1.807, 2.05) is 0 Å². The van der Waals surface area contributed by atoms with E-state index in [-0.39, 0.29) is 29.0 Å². The number of rotatable bonds is 8. The molecule has 2 fully saturated rings. The maximum atomic E-state index is 13.5. The number of nitrogens with zero attached hydrogens (tertiary/aromatic N) is 2. The SMILES string of the molecule is O=S(=O)(c1ccc(S(=O)(=O)N(Cc2ccc(Cl)cc2)C[C@@H]2CCCO2)cc1)N1CCCCC1. The third-order valence-electron chi connectivity index (χ3n) is 6.12. The van der Waals surface area contributed by atoms with Crippen molar-refractivity contribution in [2.24, 2.45) is 0 Å². The summed E-state index contributed by atoms with van der Waals surface area (Å²) in [5, 5.41) is 0.581. The topological polar surface area (TPSA) is 84.0 Å². The first-order chi connectivity index (χ1) is 15.8. The largest absolute Gasteiger partial charge is 0.377 e. The second-order valence-corrected chi connectivity index (χ2v) is 12.8. The number of sulfonamides is 2. The van der Waals surface area contributed by atoms with Crippen molar-refractivity contribution in [2.75, 3.05) is 26.2 Å². The lowest BCUT2D eigenvalue weighted by Gasteiger charge is -2.26. The Morgan fingerprint density at radius 2 is 1.52 bits per heavy atom. The summed E-state index contributed by atoms with van der Waals surface area (Å²) in [4.78, 5) is 0.179. The van der Waals surface area contributed by atoms with Crippen molar-refractivity contribution in [3.8, 4) is 0 Å². The summed E-state index contributed by atoms with van der Waals surface area (Å²) in [6.07, 6.45) is 4.26. The third-order valence-corrected chi connectivity index (χ3v) is 10.1. The van der Waals surface area contributed by atoms with Crippen LogP contribution in [0.25, 0.3) is 0 Å². The fourth-order valence-corrected chi connectivity index (χ4v) is 7.35. The van der Waals surface area contributed by atoms with Gasteiger partial charge in [0.1, 0.15) is 0 Å². The molecule has 180 valence electrons. The first-order valence-electron chi connectivity index (χ1n) is 11.2. The Balaban J connectivity index is 1.58. The van der Waals surface area contributed by atoms with Crippen LogP contribution >= 0.6 is 11.6 Å². The molecule has 2 aliphatic heterocycles. The van der Waals surface area contributed by atoms with Gasteiger partial charge in [-0.15, -0.1) is 0 Å². The Labute approximate surface area is 201 Å². The fraction of sp³-hybridized carbons (Fsp3) is 0.478. The van der Waals surface area contributed by atoms with Gasteiger partial charge >= 0.3 is 0 Å². The van der Waals surface area contributed by atoms with Gasteiger partial charge in [0.2, 0.25) is 20.0 Å². The average Bonchev–Trinajstić information content (AvgIpc) is 3.34. The van der Waals surface area contributed by atoms with Gasteiger partial charge < -0.3 is 4.74 Å². The standard InChI is InChI=1S/C23H29ClN2O5S2/c24-20-8-6-19(7-9-20)17-26(18-21-5-4-16-31-21)33(29,30)23-12-10-22(11-13-23)32(27,28)25-14-2-1-3-15-25/h6-13,21H,1-5,14-18H2/t21-/m0/s1. The molecular weight excluding hydrogens is 484 g/mol. The van der Waals surface area contributed by atoms with Crippen LogP contribution in [0.5, 0.6) is 0 Å². The first-order valence-corrected chi connectivity index (χ1v) is 14.5. The fourth-order valence-electron chi connectivity index (χ4n) is 4.24. The molecular formula is C23H29ClN2O5S2. The molecule has 0 radical (unpaired) electrons. The molecule has 2 saturated heterocycles. The van der Waals surface area contributed by atoms with Crippen molar-refractivity contribution in [3.63, 3.8) is 0 Å². The molecule has 0 saturated carbocycles. The van der Waals surface area contributed by atoms with E-state index in [2.05, 4.69) is 0 Å². The highest BCUT2D eigenvalue weighted by Crippen LogP contribution is 2.26. The molecule has 10 heteroatoms. The van der Waals surface area contributed by atoms with E-state index in [9.17, 15) is 16.8 Å². The molecule has 1 atom stereocenters. The number of hydrogen-bond donors (Lipinski definition) is 0. The van der Waals surface area contributed by atoms with E-state index in [1.54, 1.807) is 24.3 Å². The van der Waals surface area contributed by atoms with Crippen LogP contribution in [-0.4, -0.2) is 57.8 Å². The van der Waals surface area contributed by atoms with Gasteiger partial charge in [0.05, 0.1) is 15.9 Å². The number of halogens is 1. The van der Waals surface area contributed by atoms with Crippen LogP contribution in [0.4, 0.5) is 0 Å². The van der Waals surface area contributed by atoms with E-state index < -0.39 is 20.0 Å². The minimum absolute atomic E-state index is 0.0621. The molecule has 0 amide bonds. The molecule has 0 aliphatic carbocycles. The maximum Gasteiger partial charge on any atom is 0.243 e. The normalized spacial score (nSPS) is 20.4. The Kier molecular flexibility index (Phi) is 7.77. The van der Waals surface area contributed by atoms with Crippen molar-refractivity contribution < 1.29 is 21.6 Å². The first kappa shape index (κ1) is 24.6. The zero-order valence-corrected chi connectivity index (χ0v) is 20.8. The summed E-state index contributed by atoms with van der Waals surface area (Å²) in [5.74, 6) is 0. The molecule has 0 N–H and O–H groups in total. The lowest BCUT2D eigenvalue weighted by molar-refractivity contribution is 0.0926. The Morgan fingerprint density at radius 1 is 0.879 bits per heavy atom. The smallest absolute Gasteiger partial charge is 0.243 e. The van der Waals surface area contributed by atoms with E-state index >= 15 is 0 Å². The predicted molar refractivity (Wildman–Crippen MR) is 127 cm³/mol. The average molecular weight is 513 g/mol. The molecule has 0 unspecified atom stereocenters. The van der Waals surface area contributed by atoms with Gasteiger partial charge in [-0.2, -0.15) is 8.61 Å². The van der Waals surface area contributed by atoms with Crippen LogP contribution in [-0.2, 0) is 31.3 Å². The van der Waals surface area contributed by atoms with E-state index in [0.29, 0.717) is 24.7 Å². The van der Waals surface area contributed by atoms with Gasteiger partial charge in [-0.1, -0.05) is 30.2 Å². The zero-order valence-electron chi connectivity index (χ0n) is 18.4. The molecule has 0 bridgehead atoms. The molecule has 2 aromatic rings. The van der Waals surface area contributed by atoms with Crippen LogP contribution in [0.3, 0.4) is 0 Å². The van der Waals surface area contributed by atoms with Gasteiger partial charge in [-0.25, -0.2) is 16.8 Å². The Morgan fingerprint density at radius 3 is 2.12 bits per heavy atom. The van der Waals surface area contributed by atoms with Gasteiger partial charge in [0.25, 0.3) is 0 Å². The van der Waals surface area contributed by atoms with Gasteiger partial charge in [-0.3, -0.25) is 0 Å². The second kappa shape index (κ2) is 10.4. The third kappa shape index (κ3) is 5.78. The van der Waals surface area contributed by atoms with Crippen molar-refractivity contribution in [2.45, 2.75) is 54.5 Å². The lowest BCUT2D eigenvalue weighted by atomic mass is 10.2. The quantitative estimate of drug-likeness (QED) is 0.536. The molecule has 33 heavy (non-hydrogen) atoms. The van der Waals surface area contributed by atoms with Crippen LogP contribution < -0.4 is 0 Å². The minimum atomic E-state index is -3.87. The van der Waals surface area contributed by atoms with Crippen LogP contribution in [0.15, 0.2) is 58.3 Å². The summed E-state index contributed by atoms with van der Waals surface area (Å²) in [7, 11) is -7.50. The summed E-state index contributed by atoms with van der Waals surface area (Å²) < 4.78 is 61.5. The minimum Gasteiger partial charge on any atom is -0.377 e.